The molecule has 112 valence electrons. The van der Waals surface area contributed by atoms with Crippen LogP contribution in [0.2, 0.25) is 0 Å². The molecule has 1 saturated carbocycles. The summed E-state index contributed by atoms with van der Waals surface area (Å²) >= 11 is 1.83. The van der Waals surface area contributed by atoms with E-state index in [0.29, 0.717) is 0 Å². The predicted octanol–water partition coefficient (Wildman–Crippen LogP) is 1.92. The standard InChI is InChI=1S/C14H23N3OS2/c1-2-3-12-13(10-15-11-4-5-11)19-14(16-12)17-6-8-20(18)9-7-17/h11,15H,2-10H2,1H3. The highest BCUT2D eigenvalue weighted by Gasteiger charge is 2.23. The average molecular weight is 313 g/mol. The Labute approximate surface area is 127 Å². The number of hydrogen-bond acceptors (Lipinski definition) is 5. The molecule has 2 fully saturated rings. The third kappa shape index (κ3) is 3.59. The molecule has 6 heteroatoms. The molecular formula is C14H23N3OS2. The fourth-order valence-electron chi connectivity index (χ4n) is 2.43. The Kier molecular flexibility index (Phi) is 4.73. The van der Waals surface area contributed by atoms with Gasteiger partial charge in [0.2, 0.25) is 0 Å². The van der Waals surface area contributed by atoms with E-state index in [2.05, 4.69) is 17.1 Å². The minimum atomic E-state index is -0.615. The molecule has 1 aromatic rings. The van der Waals surface area contributed by atoms with Gasteiger partial charge >= 0.3 is 0 Å². The smallest absolute Gasteiger partial charge is 0.185 e. The van der Waals surface area contributed by atoms with Crippen LogP contribution in [0.15, 0.2) is 0 Å². The summed E-state index contributed by atoms with van der Waals surface area (Å²) in [6, 6.07) is 0.743. The van der Waals surface area contributed by atoms with Crippen molar-refractivity contribution in [3.05, 3.63) is 10.6 Å². The van der Waals surface area contributed by atoms with Crippen molar-refractivity contribution < 1.29 is 4.21 Å². The van der Waals surface area contributed by atoms with Gasteiger partial charge in [-0.3, -0.25) is 4.21 Å². The summed E-state index contributed by atoms with van der Waals surface area (Å²) in [5.74, 6) is 1.58. The molecule has 20 heavy (non-hydrogen) atoms. The molecule has 0 spiro atoms. The number of thiazole rings is 1. The lowest BCUT2D eigenvalue weighted by atomic mass is 10.2. The summed E-state index contributed by atoms with van der Waals surface area (Å²) in [7, 11) is -0.615. The normalized spacial score (nSPS) is 20.6. The zero-order valence-electron chi connectivity index (χ0n) is 12.1. The van der Waals surface area contributed by atoms with Crippen LogP contribution >= 0.6 is 11.3 Å². The van der Waals surface area contributed by atoms with Crippen molar-refractivity contribution in [2.45, 2.75) is 45.2 Å². The molecule has 0 radical (unpaired) electrons. The summed E-state index contributed by atoms with van der Waals surface area (Å²) in [4.78, 5) is 8.57. The highest BCUT2D eigenvalue weighted by molar-refractivity contribution is 7.85. The van der Waals surface area contributed by atoms with Gasteiger partial charge in [0.1, 0.15) is 0 Å². The average Bonchev–Trinajstić information content (AvgIpc) is 3.19. The van der Waals surface area contributed by atoms with Crippen LogP contribution in [0, 0.1) is 0 Å². The second-order valence-electron chi connectivity index (χ2n) is 5.61. The Morgan fingerprint density at radius 2 is 2.15 bits per heavy atom. The van der Waals surface area contributed by atoms with E-state index in [4.69, 9.17) is 4.98 Å². The first-order chi connectivity index (χ1) is 9.76. The van der Waals surface area contributed by atoms with Gasteiger partial charge < -0.3 is 10.2 Å². The largest absolute Gasteiger partial charge is 0.346 e. The van der Waals surface area contributed by atoms with E-state index >= 15 is 0 Å². The molecule has 4 nitrogen and oxygen atoms in total. The number of hydrogen-bond donors (Lipinski definition) is 1. The Balaban J connectivity index is 1.69. The van der Waals surface area contributed by atoms with Crippen LogP contribution in [0.1, 0.15) is 36.8 Å². The van der Waals surface area contributed by atoms with Gasteiger partial charge in [0.05, 0.1) is 5.69 Å². The van der Waals surface area contributed by atoms with Crippen molar-refractivity contribution in [2.24, 2.45) is 0 Å². The Morgan fingerprint density at radius 3 is 2.80 bits per heavy atom. The van der Waals surface area contributed by atoms with E-state index < -0.39 is 10.8 Å². The molecule has 0 amide bonds. The van der Waals surface area contributed by atoms with E-state index in [9.17, 15) is 4.21 Å². The maximum Gasteiger partial charge on any atom is 0.185 e. The molecule has 3 rings (SSSR count). The quantitative estimate of drug-likeness (QED) is 0.871. The third-order valence-corrected chi connectivity index (χ3v) is 6.26. The molecule has 0 aromatic carbocycles. The molecule has 0 unspecified atom stereocenters. The summed E-state index contributed by atoms with van der Waals surface area (Å²) in [6.07, 6.45) is 4.86. The molecule has 0 bridgehead atoms. The minimum absolute atomic E-state index is 0.615. The van der Waals surface area contributed by atoms with Gasteiger partial charge in [-0.05, 0) is 19.3 Å². The van der Waals surface area contributed by atoms with Crippen LogP contribution in [0.3, 0.4) is 0 Å². The number of nitrogens with one attached hydrogen (secondary N) is 1. The van der Waals surface area contributed by atoms with E-state index in [0.717, 1.165) is 55.2 Å². The fourth-order valence-corrected chi connectivity index (χ4v) is 4.59. The Bertz CT molecular complexity index is 475. The molecule has 2 aliphatic rings. The Hall–Kier alpha value is -0.460. The minimum Gasteiger partial charge on any atom is -0.346 e. The van der Waals surface area contributed by atoms with Gasteiger partial charge in [0.25, 0.3) is 0 Å². The third-order valence-electron chi connectivity index (χ3n) is 3.83. The molecule has 1 aromatic heterocycles. The molecule has 1 saturated heterocycles. The van der Waals surface area contributed by atoms with Crippen LogP contribution in [-0.2, 0) is 23.8 Å². The predicted molar refractivity (Wildman–Crippen MR) is 86.1 cm³/mol. The molecule has 1 aliphatic heterocycles. The first-order valence-electron chi connectivity index (χ1n) is 7.58. The number of rotatable bonds is 6. The number of nitrogens with zero attached hydrogens (tertiary/aromatic N) is 2. The summed E-state index contributed by atoms with van der Waals surface area (Å²) in [6.45, 7) is 4.96. The van der Waals surface area contributed by atoms with E-state index in [-0.39, 0.29) is 0 Å². The van der Waals surface area contributed by atoms with Crippen molar-refractivity contribution in [3.63, 3.8) is 0 Å². The van der Waals surface area contributed by atoms with Gasteiger partial charge in [0.15, 0.2) is 5.13 Å². The lowest BCUT2D eigenvalue weighted by molar-refractivity contribution is 0.673. The maximum atomic E-state index is 11.5. The first-order valence-corrected chi connectivity index (χ1v) is 9.88. The van der Waals surface area contributed by atoms with Crippen LogP contribution in [0.4, 0.5) is 5.13 Å². The zero-order chi connectivity index (χ0) is 13.9. The molecule has 0 atom stereocenters. The van der Waals surface area contributed by atoms with Gasteiger partial charge in [-0.1, -0.05) is 13.3 Å². The summed E-state index contributed by atoms with van der Waals surface area (Å²) < 4.78 is 11.5. The Morgan fingerprint density at radius 1 is 1.40 bits per heavy atom. The second-order valence-corrected chi connectivity index (χ2v) is 8.36. The van der Waals surface area contributed by atoms with Crippen molar-refractivity contribution >= 4 is 27.3 Å². The topological polar surface area (TPSA) is 45.2 Å². The van der Waals surface area contributed by atoms with Crippen molar-refractivity contribution in [1.29, 1.82) is 0 Å². The highest BCUT2D eigenvalue weighted by atomic mass is 32.2. The molecule has 1 N–H and O–H groups in total. The van der Waals surface area contributed by atoms with Gasteiger partial charge in [-0.2, -0.15) is 0 Å². The van der Waals surface area contributed by atoms with Crippen LogP contribution < -0.4 is 10.2 Å². The van der Waals surface area contributed by atoms with Crippen molar-refractivity contribution in [2.75, 3.05) is 29.5 Å². The monoisotopic (exact) mass is 313 g/mol. The van der Waals surface area contributed by atoms with Crippen LogP contribution in [0.5, 0.6) is 0 Å². The lowest BCUT2D eigenvalue weighted by Gasteiger charge is -2.25. The SMILES string of the molecule is CCCc1nc(N2CCS(=O)CC2)sc1CNC1CC1. The summed E-state index contributed by atoms with van der Waals surface area (Å²) in [5, 5.41) is 4.74. The molecule has 1 aliphatic carbocycles. The van der Waals surface area contributed by atoms with E-state index in [1.54, 1.807) is 0 Å². The second kappa shape index (κ2) is 6.54. The maximum absolute atomic E-state index is 11.5. The van der Waals surface area contributed by atoms with Crippen LogP contribution in [0.25, 0.3) is 0 Å². The van der Waals surface area contributed by atoms with E-state index in [1.165, 1.54) is 23.4 Å². The fraction of sp³-hybridized carbons (Fsp3) is 0.786. The van der Waals surface area contributed by atoms with Crippen molar-refractivity contribution in [1.82, 2.24) is 10.3 Å². The highest BCUT2D eigenvalue weighted by Crippen LogP contribution is 2.29. The number of aryl methyl sites for hydroxylation is 1. The zero-order valence-corrected chi connectivity index (χ0v) is 13.7. The number of anilines is 1. The number of aromatic nitrogens is 1. The van der Waals surface area contributed by atoms with Crippen molar-refractivity contribution in [3.8, 4) is 0 Å². The lowest BCUT2D eigenvalue weighted by Crippen LogP contribution is -2.37. The van der Waals surface area contributed by atoms with Gasteiger partial charge in [0, 0.05) is 52.9 Å². The molecule has 2 heterocycles. The van der Waals surface area contributed by atoms with E-state index in [1.807, 2.05) is 11.3 Å². The first kappa shape index (κ1) is 14.5. The van der Waals surface area contributed by atoms with Gasteiger partial charge in [-0.15, -0.1) is 11.3 Å². The van der Waals surface area contributed by atoms with Crippen LogP contribution in [-0.4, -0.2) is 39.8 Å². The molecular weight excluding hydrogens is 290 g/mol. The van der Waals surface area contributed by atoms with Gasteiger partial charge in [-0.25, -0.2) is 4.98 Å². The summed E-state index contributed by atoms with van der Waals surface area (Å²) in [5.41, 5.74) is 1.27.